The summed E-state index contributed by atoms with van der Waals surface area (Å²) in [6.07, 6.45) is 1.77. The molecule has 5 nitrogen and oxygen atoms in total. The molecule has 2 aromatic rings. The zero-order valence-corrected chi connectivity index (χ0v) is 14.3. The third-order valence-electron chi connectivity index (χ3n) is 4.49. The van der Waals surface area contributed by atoms with Crippen LogP contribution in [-0.4, -0.2) is 33.0 Å². The Hall–Kier alpha value is -2.40. The maximum atomic E-state index is 9.75. The highest BCUT2D eigenvalue weighted by atomic mass is 16.5. The van der Waals surface area contributed by atoms with Crippen molar-refractivity contribution in [2.45, 2.75) is 18.9 Å². The molecule has 1 atom stereocenters. The van der Waals surface area contributed by atoms with Gasteiger partial charge in [-0.1, -0.05) is 6.07 Å². The maximum absolute atomic E-state index is 9.75. The van der Waals surface area contributed by atoms with E-state index in [9.17, 15) is 5.11 Å². The van der Waals surface area contributed by atoms with E-state index in [0.717, 1.165) is 36.4 Å². The summed E-state index contributed by atoms with van der Waals surface area (Å²) in [6.45, 7) is 0.919. The molecule has 24 heavy (non-hydrogen) atoms. The molecule has 3 rings (SSSR count). The molecule has 0 spiro atoms. The van der Waals surface area contributed by atoms with Crippen LogP contribution in [0, 0.1) is 0 Å². The van der Waals surface area contributed by atoms with Crippen molar-refractivity contribution >= 4 is 0 Å². The van der Waals surface area contributed by atoms with Crippen molar-refractivity contribution in [3.63, 3.8) is 0 Å². The molecule has 2 aromatic carbocycles. The molecule has 1 unspecified atom stereocenters. The molecule has 1 aliphatic heterocycles. The summed E-state index contributed by atoms with van der Waals surface area (Å²) in [7, 11) is 4.87. The molecule has 128 valence electrons. The van der Waals surface area contributed by atoms with E-state index in [1.807, 2.05) is 12.1 Å². The predicted octanol–water partition coefficient (Wildman–Crippen LogP) is 2.85. The summed E-state index contributed by atoms with van der Waals surface area (Å²) in [5.41, 5.74) is 3.61. The standard InChI is InChI=1S/C19H23NO4/c1-22-17-9-12(4-5-16(17)21)8-15-14-11-19(24-3)18(23-2)10-13(14)6-7-20-15/h4-5,9-11,15,20-21H,6-8H2,1-3H3. The maximum Gasteiger partial charge on any atom is 0.161 e. The zero-order valence-electron chi connectivity index (χ0n) is 14.3. The highest BCUT2D eigenvalue weighted by Crippen LogP contribution is 2.37. The first kappa shape index (κ1) is 16.5. The van der Waals surface area contributed by atoms with Gasteiger partial charge in [-0.2, -0.15) is 0 Å². The lowest BCUT2D eigenvalue weighted by Gasteiger charge is -2.28. The number of phenols is 1. The molecule has 0 aromatic heterocycles. The van der Waals surface area contributed by atoms with Gasteiger partial charge in [-0.25, -0.2) is 0 Å². The van der Waals surface area contributed by atoms with Crippen molar-refractivity contribution in [2.24, 2.45) is 0 Å². The highest BCUT2D eigenvalue weighted by molar-refractivity contribution is 5.50. The van der Waals surface area contributed by atoms with E-state index in [4.69, 9.17) is 14.2 Å². The van der Waals surface area contributed by atoms with Gasteiger partial charge in [0.2, 0.25) is 0 Å². The van der Waals surface area contributed by atoms with Gasteiger partial charge < -0.3 is 24.6 Å². The largest absolute Gasteiger partial charge is 0.504 e. The second-order valence-corrected chi connectivity index (χ2v) is 5.87. The average Bonchev–Trinajstić information content (AvgIpc) is 2.62. The molecule has 1 heterocycles. The number of benzene rings is 2. The Bertz CT molecular complexity index is 730. The van der Waals surface area contributed by atoms with Gasteiger partial charge in [0, 0.05) is 6.04 Å². The van der Waals surface area contributed by atoms with E-state index in [0.29, 0.717) is 5.75 Å². The third-order valence-corrected chi connectivity index (χ3v) is 4.49. The molecule has 0 amide bonds. The fourth-order valence-corrected chi connectivity index (χ4v) is 3.24. The third kappa shape index (κ3) is 3.12. The number of nitrogens with one attached hydrogen (secondary N) is 1. The minimum absolute atomic E-state index is 0.157. The van der Waals surface area contributed by atoms with Crippen molar-refractivity contribution < 1.29 is 19.3 Å². The van der Waals surface area contributed by atoms with E-state index >= 15 is 0 Å². The first-order valence-electron chi connectivity index (χ1n) is 8.00. The average molecular weight is 329 g/mol. The lowest BCUT2D eigenvalue weighted by atomic mass is 9.89. The van der Waals surface area contributed by atoms with Gasteiger partial charge in [0.15, 0.2) is 23.0 Å². The van der Waals surface area contributed by atoms with Crippen LogP contribution in [0.2, 0.25) is 0 Å². The molecule has 0 saturated heterocycles. The molecule has 0 fully saturated rings. The van der Waals surface area contributed by atoms with Crippen LogP contribution in [-0.2, 0) is 12.8 Å². The fourth-order valence-electron chi connectivity index (χ4n) is 3.24. The second kappa shape index (κ2) is 7.01. The molecule has 0 saturated carbocycles. The second-order valence-electron chi connectivity index (χ2n) is 5.87. The number of aromatic hydroxyl groups is 1. The Morgan fingerprint density at radius 1 is 1.00 bits per heavy atom. The number of hydrogen-bond donors (Lipinski definition) is 2. The topological polar surface area (TPSA) is 60.0 Å². The Labute approximate surface area is 142 Å². The number of hydrogen-bond acceptors (Lipinski definition) is 5. The van der Waals surface area contributed by atoms with E-state index < -0.39 is 0 Å². The van der Waals surface area contributed by atoms with Crippen LogP contribution < -0.4 is 19.5 Å². The molecular weight excluding hydrogens is 306 g/mol. The van der Waals surface area contributed by atoms with Gasteiger partial charge in [0.1, 0.15) is 0 Å². The first-order chi connectivity index (χ1) is 11.7. The molecule has 1 aliphatic rings. The number of methoxy groups -OCH3 is 3. The first-order valence-corrected chi connectivity index (χ1v) is 8.00. The summed E-state index contributed by atoms with van der Waals surface area (Å²) in [5.74, 6) is 2.16. The highest BCUT2D eigenvalue weighted by Gasteiger charge is 2.23. The van der Waals surface area contributed by atoms with Gasteiger partial charge in [-0.15, -0.1) is 0 Å². The zero-order chi connectivity index (χ0) is 17.1. The van der Waals surface area contributed by atoms with Crippen LogP contribution in [0.5, 0.6) is 23.0 Å². The van der Waals surface area contributed by atoms with Crippen LogP contribution in [0.3, 0.4) is 0 Å². The quantitative estimate of drug-likeness (QED) is 0.883. The number of ether oxygens (including phenoxy) is 3. The number of fused-ring (bicyclic) bond motifs is 1. The molecule has 0 radical (unpaired) electrons. The normalized spacial score (nSPS) is 16.4. The molecule has 0 bridgehead atoms. The Morgan fingerprint density at radius 2 is 1.71 bits per heavy atom. The Morgan fingerprint density at radius 3 is 2.42 bits per heavy atom. The minimum atomic E-state index is 0.157. The lowest BCUT2D eigenvalue weighted by molar-refractivity contribution is 0.352. The van der Waals surface area contributed by atoms with Crippen LogP contribution in [0.25, 0.3) is 0 Å². The minimum Gasteiger partial charge on any atom is -0.504 e. The summed E-state index contributed by atoms with van der Waals surface area (Å²) in [5, 5.41) is 13.3. The Kier molecular flexibility index (Phi) is 4.81. The fraction of sp³-hybridized carbons (Fsp3) is 0.368. The van der Waals surface area contributed by atoms with Crippen LogP contribution in [0.1, 0.15) is 22.7 Å². The van der Waals surface area contributed by atoms with E-state index in [1.165, 1.54) is 11.1 Å². The van der Waals surface area contributed by atoms with Crippen LogP contribution >= 0.6 is 0 Å². The SMILES string of the molecule is COc1cc(CC2NCCc3cc(OC)c(OC)cc32)ccc1O. The Balaban J connectivity index is 1.92. The van der Waals surface area contributed by atoms with Crippen LogP contribution in [0.4, 0.5) is 0 Å². The summed E-state index contributed by atoms with van der Waals surface area (Å²) < 4.78 is 16.1. The van der Waals surface area contributed by atoms with Crippen molar-refractivity contribution in [3.8, 4) is 23.0 Å². The van der Waals surface area contributed by atoms with E-state index in [-0.39, 0.29) is 11.8 Å². The summed E-state index contributed by atoms with van der Waals surface area (Å²) >= 11 is 0. The molecule has 0 aliphatic carbocycles. The molecular formula is C19H23NO4. The van der Waals surface area contributed by atoms with E-state index in [1.54, 1.807) is 27.4 Å². The predicted molar refractivity (Wildman–Crippen MR) is 92.4 cm³/mol. The van der Waals surface area contributed by atoms with Crippen molar-refractivity contribution in [2.75, 3.05) is 27.9 Å². The summed E-state index contributed by atoms with van der Waals surface area (Å²) in [4.78, 5) is 0. The van der Waals surface area contributed by atoms with Gasteiger partial charge in [0.05, 0.1) is 21.3 Å². The molecule has 5 heteroatoms. The monoisotopic (exact) mass is 329 g/mol. The van der Waals surface area contributed by atoms with Crippen LogP contribution in [0.15, 0.2) is 30.3 Å². The lowest BCUT2D eigenvalue weighted by Crippen LogP contribution is -2.31. The molecule has 2 N–H and O–H groups in total. The smallest absolute Gasteiger partial charge is 0.161 e. The van der Waals surface area contributed by atoms with Gasteiger partial charge in [-0.3, -0.25) is 0 Å². The van der Waals surface area contributed by atoms with Gasteiger partial charge in [0.25, 0.3) is 0 Å². The van der Waals surface area contributed by atoms with Crippen molar-refractivity contribution in [3.05, 3.63) is 47.0 Å². The van der Waals surface area contributed by atoms with Crippen molar-refractivity contribution in [1.29, 1.82) is 0 Å². The van der Waals surface area contributed by atoms with Crippen molar-refractivity contribution in [1.82, 2.24) is 5.32 Å². The number of rotatable bonds is 5. The van der Waals surface area contributed by atoms with E-state index in [2.05, 4.69) is 17.4 Å². The van der Waals surface area contributed by atoms with Gasteiger partial charge in [-0.05, 0) is 60.3 Å². The number of phenolic OH excluding ortho intramolecular Hbond substituents is 1. The van der Waals surface area contributed by atoms with Gasteiger partial charge >= 0.3 is 0 Å². The summed E-state index contributed by atoms with van der Waals surface area (Å²) in [6, 6.07) is 9.79.